The summed E-state index contributed by atoms with van der Waals surface area (Å²) in [5, 5.41) is 14.7. The Hall–Kier alpha value is -3.07. The van der Waals surface area contributed by atoms with Gasteiger partial charge < -0.3 is 16.2 Å². The summed E-state index contributed by atoms with van der Waals surface area (Å²) in [5.74, 6) is -1.02. The van der Waals surface area contributed by atoms with Crippen LogP contribution in [0.3, 0.4) is 0 Å². The molecular weight excluding hydrogens is 345 g/mol. The van der Waals surface area contributed by atoms with E-state index in [1.807, 2.05) is 12.3 Å². The van der Waals surface area contributed by atoms with Gasteiger partial charge in [0.05, 0.1) is 28.8 Å². The molecule has 7 nitrogen and oxygen atoms in total. The van der Waals surface area contributed by atoms with Crippen LogP contribution in [0.25, 0.3) is 0 Å². The molecule has 0 saturated carbocycles. The van der Waals surface area contributed by atoms with E-state index in [2.05, 4.69) is 20.3 Å². The van der Waals surface area contributed by atoms with Crippen LogP contribution in [-0.4, -0.2) is 26.0 Å². The fraction of sp³-hybridized carbons (Fsp3) is 0.125. The summed E-state index contributed by atoms with van der Waals surface area (Å²) >= 11 is 1.57. The molecule has 0 aliphatic heterocycles. The van der Waals surface area contributed by atoms with Crippen molar-refractivity contribution in [3.8, 4) is 0 Å². The lowest BCUT2D eigenvalue weighted by molar-refractivity contribution is 0.0691. The Balaban J connectivity index is 0.000000269. The number of carboxylic acids is 1. The zero-order chi connectivity index (χ0) is 18.4. The molecule has 0 radical (unpaired) electrons. The lowest BCUT2D eigenvalue weighted by Gasteiger charge is -2.09. The fourth-order valence-electron chi connectivity index (χ4n) is 1.84. The highest BCUT2D eigenvalue weighted by Gasteiger charge is 2.12. The number of rotatable bonds is 3. The first-order valence-electron chi connectivity index (χ1n) is 7.11. The molecule has 25 heavy (non-hydrogen) atoms. The highest BCUT2D eigenvalue weighted by molar-refractivity contribution is 7.09. The third kappa shape index (κ3) is 5.50. The van der Waals surface area contributed by atoms with E-state index in [9.17, 15) is 9.18 Å². The zero-order valence-electron chi connectivity index (χ0n) is 13.5. The van der Waals surface area contributed by atoms with Gasteiger partial charge in [0.1, 0.15) is 11.6 Å². The average Bonchev–Trinajstić information content (AvgIpc) is 2.93. The van der Waals surface area contributed by atoms with Crippen molar-refractivity contribution in [3.05, 3.63) is 58.2 Å². The SMILES string of the molecule is Cc1ccc(Nc2cncc(F)c2)c(C(=O)O)n1.Cc1nc(N)cs1. The first-order chi connectivity index (χ1) is 11.8. The Bertz CT molecular complexity index is 868. The molecule has 0 aliphatic rings. The Morgan fingerprint density at radius 1 is 1.28 bits per heavy atom. The van der Waals surface area contributed by atoms with Crippen molar-refractivity contribution in [2.24, 2.45) is 0 Å². The van der Waals surface area contributed by atoms with Crippen molar-refractivity contribution in [2.75, 3.05) is 11.1 Å². The lowest BCUT2D eigenvalue weighted by Crippen LogP contribution is -2.06. The Morgan fingerprint density at radius 2 is 2.04 bits per heavy atom. The molecule has 3 aromatic rings. The number of anilines is 3. The number of nitrogens with one attached hydrogen (secondary N) is 1. The number of aromatic carboxylic acids is 1. The van der Waals surface area contributed by atoms with Gasteiger partial charge in [-0.2, -0.15) is 0 Å². The number of pyridine rings is 2. The standard InChI is InChI=1S/C12H10FN3O2.C4H6N2S/c1-7-2-3-10(11(15-7)12(17)18)16-9-4-8(13)5-14-6-9;1-3-6-4(5)2-7-3/h2-6,16H,1H3,(H,17,18);2H,5H2,1H3. The predicted octanol–water partition coefficient (Wildman–Crippen LogP) is 3.40. The molecule has 3 heterocycles. The van der Waals surface area contributed by atoms with Gasteiger partial charge in [-0.05, 0) is 26.0 Å². The number of carbonyl (C=O) groups is 1. The molecule has 0 amide bonds. The number of aryl methyl sites for hydroxylation is 2. The second-order valence-electron chi connectivity index (χ2n) is 4.96. The van der Waals surface area contributed by atoms with E-state index >= 15 is 0 Å². The lowest BCUT2D eigenvalue weighted by atomic mass is 10.2. The van der Waals surface area contributed by atoms with Crippen molar-refractivity contribution in [2.45, 2.75) is 13.8 Å². The number of hydrogen-bond donors (Lipinski definition) is 3. The third-order valence-electron chi connectivity index (χ3n) is 2.86. The quantitative estimate of drug-likeness (QED) is 0.655. The van der Waals surface area contributed by atoms with Crippen LogP contribution in [0.5, 0.6) is 0 Å². The van der Waals surface area contributed by atoms with Crippen molar-refractivity contribution >= 4 is 34.5 Å². The van der Waals surface area contributed by atoms with E-state index in [1.165, 1.54) is 12.3 Å². The van der Waals surface area contributed by atoms with E-state index in [1.54, 1.807) is 30.4 Å². The van der Waals surface area contributed by atoms with Gasteiger partial charge in [0.25, 0.3) is 0 Å². The van der Waals surface area contributed by atoms with Gasteiger partial charge in [-0.25, -0.2) is 19.2 Å². The van der Waals surface area contributed by atoms with Crippen LogP contribution in [0, 0.1) is 19.7 Å². The van der Waals surface area contributed by atoms with Crippen molar-refractivity contribution in [3.63, 3.8) is 0 Å². The van der Waals surface area contributed by atoms with Gasteiger partial charge in [-0.15, -0.1) is 11.3 Å². The van der Waals surface area contributed by atoms with Crippen LogP contribution >= 0.6 is 11.3 Å². The first kappa shape index (κ1) is 18.3. The zero-order valence-corrected chi connectivity index (χ0v) is 14.3. The topological polar surface area (TPSA) is 114 Å². The van der Waals surface area contributed by atoms with E-state index in [0.29, 0.717) is 22.9 Å². The van der Waals surface area contributed by atoms with E-state index < -0.39 is 11.8 Å². The largest absolute Gasteiger partial charge is 0.476 e. The Labute approximate surface area is 147 Å². The number of nitrogen functional groups attached to an aromatic ring is 1. The Morgan fingerprint density at radius 3 is 2.56 bits per heavy atom. The second-order valence-corrected chi connectivity index (χ2v) is 6.02. The molecule has 3 aromatic heterocycles. The highest BCUT2D eigenvalue weighted by atomic mass is 32.1. The van der Waals surface area contributed by atoms with Crippen molar-refractivity contribution in [1.29, 1.82) is 0 Å². The molecule has 3 rings (SSSR count). The number of carboxylic acid groups (broad SMARTS) is 1. The van der Waals surface area contributed by atoms with E-state index in [0.717, 1.165) is 11.2 Å². The van der Waals surface area contributed by atoms with Crippen LogP contribution < -0.4 is 11.1 Å². The van der Waals surface area contributed by atoms with Gasteiger partial charge in [0.2, 0.25) is 0 Å². The average molecular weight is 361 g/mol. The minimum atomic E-state index is -1.15. The maximum Gasteiger partial charge on any atom is 0.356 e. The predicted molar refractivity (Wildman–Crippen MR) is 94.7 cm³/mol. The molecule has 4 N–H and O–H groups in total. The summed E-state index contributed by atoms with van der Waals surface area (Å²) in [6.07, 6.45) is 2.46. The van der Waals surface area contributed by atoms with E-state index in [4.69, 9.17) is 10.8 Å². The Kier molecular flexibility index (Phi) is 5.96. The van der Waals surface area contributed by atoms with Crippen LogP contribution in [0.4, 0.5) is 21.6 Å². The number of nitrogens with zero attached hydrogens (tertiary/aromatic N) is 3. The normalized spacial score (nSPS) is 9.88. The molecule has 0 unspecified atom stereocenters. The van der Waals surface area contributed by atoms with Gasteiger partial charge in [-0.3, -0.25) is 4.98 Å². The molecule has 0 aliphatic carbocycles. The molecule has 9 heteroatoms. The summed E-state index contributed by atoms with van der Waals surface area (Å²) in [7, 11) is 0. The molecule has 130 valence electrons. The summed E-state index contributed by atoms with van der Waals surface area (Å²) in [5.41, 5.74) is 6.42. The molecule has 0 bridgehead atoms. The van der Waals surface area contributed by atoms with Crippen LogP contribution in [0.1, 0.15) is 21.2 Å². The maximum atomic E-state index is 13.0. The van der Waals surface area contributed by atoms with Crippen LogP contribution in [0.15, 0.2) is 36.0 Å². The fourth-order valence-corrected chi connectivity index (χ4v) is 2.34. The van der Waals surface area contributed by atoms with Crippen LogP contribution in [-0.2, 0) is 0 Å². The van der Waals surface area contributed by atoms with Crippen molar-refractivity contribution < 1.29 is 14.3 Å². The molecule has 0 aromatic carbocycles. The van der Waals surface area contributed by atoms with Gasteiger partial charge in [0, 0.05) is 17.1 Å². The smallest absolute Gasteiger partial charge is 0.356 e. The third-order valence-corrected chi connectivity index (χ3v) is 3.65. The summed E-state index contributed by atoms with van der Waals surface area (Å²) in [6.45, 7) is 3.63. The monoisotopic (exact) mass is 361 g/mol. The second kappa shape index (κ2) is 8.15. The summed E-state index contributed by atoms with van der Waals surface area (Å²) in [4.78, 5) is 22.5. The summed E-state index contributed by atoms with van der Waals surface area (Å²) in [6, 6.07) is 4.47. The number of nitrogens with two attached hydrogens (primary N) is 1. The van der Waals surface area contributed by atoms with Gasteiger partial charge in [0.15, 0.2) is 5.69 Å². The van der Waals surface area contributed by atoms with Crippen LogP contribution in [0.2, 0.25) is 0 Å². The summed E-state index contributed by atoms with van der Waals surface area (Å²) < 4.78 is 13.0. The van der Waals surface area contributed by atoms with Gasteiger partial charge in [-0.1, -0.05) is 0 Å². The molecule has 0 spiro atoms. The first-order valence-corrected chi connectivity index (χ1v) is 7.99. The minimum absolute atomic E-state index is 0.112. The van der Waals surface area contributed by atoms with Crippen molar-refractivity contribution in [1.82, 2.24) is 15.0 Å². The highest BCUT2D eigenvalue weighted by Crippen LogP contribution is 2.20. The molecule has 0 atom stereocenters. The molecular formula is C16H16FN5O2S. The van der Waals surface area contributed by atoms with Gasteiger partial charge >= 0.3 is 5.97 Å². The molecule has 0 saturated heterocycles. The number of halogens is 1. The maximum absolute atomic E-state index is 13.0. The number of hydrogen-bond acceptors (Lipinski definition) is 7. The number of thiazole rings is 1. The minimum Gasteiger partial charge on any atom is -0.476 e. The number of aromatic nitrogens is 3. The van der Waals surface area contributed by atoms with E-state index in [-0.39, 0.29) is 5.69 Å². The molecule has 0 fully saturated rings.